The molecule has 0 bridgehead atoms. The van der Waals surface area contributed by atoms with Crippen molar-refractivity contribution in [2.24, 2.45) is 0 Å². The Balaban J connectivity index is 2.00. The summed E-state index contributed by atoms with van der Waals surface area (Å²) in [7, 11) is 2.48. The molecule has 1 heterocycles. The molecule has 0 amide bonds. The second kappa shape index (κ2) is 9.84. The first kappa shape index (κ1) is 23.1. The summed E-state index contributed by atoms with van der Waals surface area (Å²) in [5.41, 5.74) is 1.54. The van der Waals surface area contributed by atoms with Gasteiger partial charge < -0.3 is 9.47 Å². The number of rotatable bonds is 5. The number of hydrogen-bond acceptors (Lipinski definition) is 6. The van der Waals surface area contributed by atoms with Gasteiger partial charge in [0.15, 0.2) is 0 Å². The zero-order valence-corrected chi connectivity index (χ0v) is 19.9. The van der Waals surface area contributed by atoms with Crippen LogP contribution in [0, 0.1) is 0 Å². The molecular formula is C26H19BrN2O5. The second-order valence-electron chi connectivity index (χ2n) is 7.27. The molecule has 0 saturated carbocycles. The quantitative estimate of drug-likeness (QED) is 0.349. The number of nitrogens with zero attached hydrogens (tertiary/aromatic N) is 2. The van der Waals surface area contributed by atoms with Crippen molar-refractivity contribution in [1.29, 1.82) is 0 Å². The summed E-state index contributed by atoms with van der Waals surface area (Å²) in [5, 5.41) is 0.394. The number of ether oxygens (including phenoxy) is 2. The van der Waals surface area contributed by atoms with E-state index in [1.54, 1.807) is 30.3 Å². The first-order valence-corrected chi connectivity index (χ1v) is 11.0. The lowest BCUT2D eigenvalue weighted by molar-refractivity contribution is 0.0599. The molecule has 0 radical (unpaired) electrons. The average Bonchev–Trinajstić information content (AvgIpc) is 2.86. The molecule has 7 nitrogen and oxygen atoms in total. The summed E-state index contributed by atoms with van der Waals surface area (Å²) >= 11 is 3.45. The van der Waals surface area contributed by atoms with Crippen LogP contribution in [0.15, 0.2) is 76.0 Å². The summed E-state index contributed by atoms with van der Waals surface area (Å²) < 4.78 is 11.9. The van der Waals surface area contributed by atoms with Crippen LogP contribution in [-0.4, -0.2) is 35.7 Å². The minimum Gasteiger partial charge on any atom is -0.465 e. The topological polar surface area (TPSA) is 87.5 Å². The van der Waals surface area contributed by atoms with Crippen LogP contribution in [0.3, 0.4) is 0 Å². The van der Waals surface area contributed by atoms with Crippen LogP contribution in [0.25, 0.3) is 28.7 Å². The van der Waals surface area contributed by atoms with Crippen molar-refractivity contribution in [3.05, 3.63) is 104 Å². The largest absolute Gasteiger partial charge is 0.465 e. The summed E-state index contributed by atoms with van der Waals surface area (Å²) in [6.07, 6.45) is 3.53. The Labute approximate surface area is 203 Å². The molecule has 0 aliphatic rings. The lowest BCUT2D eigenvalue weighted by Gasteiger charge is -2.14. The monoisotopic (exact) mass is 518 g/mol. The van der Waals surface area contributed by atoms with E-state index in [1.165, 1.54) is 37.0 Å². The van der Waals surface area contributed by atoms with Crippen LogP contribution in [-0.2, 0) is 9.47 Å². The average molecular weight is 519 g/mol. The molecule has 4 rings (SSSR count). The molecule has 0 saturated heterocycles. The Morgan fingerprint density at radius 1 is 0.882 bits per heavy atom. The van der Waals surface area contributed by atoms with Gasteiger partial charge in [-0.2, -0.15) is 0 Å². The van der Waals surface area contributed by atoms with Gasteiger partial charge in [-0.3, -0.25) is 9.36 Å². The fourth-order valence-corrected chi connectivity index (χ4v) is 3.92. The van der Waals surface area contributed by atoms with Crippen molar-refractivity contribution in [3.8, 4) is 5.69 Å². The Bertz CT molecular complexity index is 1470. The third kappa shape index (κ3) is 4.67. The Morgan fingerprint density at radius 2 is 1.56 bits per heavy atom. The predicted octanol–water partition coefficient (Wildman–Crippen LogP) is 4.89. The molecule has 0 spiro atoms. The summed E-state index contributed by atoms with van der Waals surface area (Å²) in [4.78, 5) is 42.8. The normalized spacial score (nSPS) is 11.0. The van der Waals surface area contributed by atoms with Gasteiger partial charge in [-0.25, -0.2) is 14.6 Å². The van der Waals surface area contributed by atoms with Crippen LogP contribution in [0.1, 0.15) is 32.1 Å². The van der Waals surface area contributed by atoms with Crippen molar-refractivity contribution in [1.82, 2.24) is 9.55 Å². The second-order valence-corrected chi connectivity index (χ2v) is 8.18. The van der Waals surface area contributed by atoms with Crippen molar-refractivity contribution in [3.63, 3.8) is 0 Å². The summed E-state index contributed by atoms with van der Waals surface area (Å²) in [6, 6.07) is 18.9. The summed E-state index contributed by atoms with van der Waals surface area (Å²) in [6.45, 7) is 0. The van der Waals surface area contributed by atoms with Crippen molar-refractivity contribution in [2.75, 3.05) is 14.2 Å². The van der Waals surface area contributed by atoms with Gasteiger partial charge in [0.2, 0.25) is 0 Å². The maximum atomic E-state index is 13.6. The molecule has 1 aromatic heterocycles. The Hall–Kier alpha value is -4.04. The zero-order valence-electron chi connectivity index (χ0n) is 18.3. The first-order chi connectivity index (χ1) is 16.4. The van der Waals surface area contributed by atoms with E-state index in [4.69, 9.17) is 9.47 Å². The van der Waals surface area contributed by atoms with Gasteiger partial charge in [-0.05, 0) is 54.1 Å². The number of carbonyl (C=O) groups excluding carboxylic acids is 2. The fourth-order valence-electron chi connectivity index (χ4n) is 3.50. The van der Waals surface area contributed by atoms with Gasteiger partial charge in [-0.1, -0.05) is 46.3 Å². The minimum absolute atomic E-state index is 0.0994. The number of fused-ring (bicyclic) bond motifs is 1. The molecule has 0 atom stereocenters. The molecular weight excluding hydrogens is 500 g/mol. The van der Waals surface area contributed by atoms with E-state index >= 15 is 0 Å². The number of hydrogen-bond donors (Lipinski definition) is 0. The van der Waals surface area contributed by atoms with E-state index in [2.05, 4.69) is 20.9 Å². The molecule has 0 aliphatic heterocycles. The number of carbonyl (C=O) groups is 2. The third-order valence-electron chi connectivity index (χ3n) is 5.09. The molecule has 4 aromatic rings. The number of para-hydroxylation sites is 1. The van der Waals surface area contributed by atoms with E-state index in [0.29, 0.717) is 16.7 Å². The number of halogens is 1. The molecule has 0 aliphatic carbocycles. The third-order valence-corrected chi connectivity index (χ3v) is 5.59. The first-order valence-electron chi connectivity index (χ1n) is 10.2. The van der Waals surface area contributed by atoms with Crippen molar-refractivity contribution in [2.45, 2.75) is 0 Å². The number of benzene rings is 3. The van der Waals surface area contributed by atoms with E-state index in [9.17, 15) is 14.4 Å². The van der Waals surface area contributed by atoms with E-state index in [0.717, 1.165) is 10.0 Å². The van der Waals surface area contributed by atoms with Crippen LogP contribution < -0.4 is 5.56 Å². The van der Waals surface area contributed by atoms with E-state index < -0.39 is 11.9 Å². The highest BCUT2D eigenvalue weighted by atomic mass is 79.9. The molecule has 0 fully saturated rings. The van der Waals surface area contributed by atoms with Crippen LogP contribution >= 0.6 is 15.9 Å². The highest BCUT2D eigenvalue weighted by Gasteiger charge is 2.18. The van der Waals surface area contributed by atoms with Gasteiger partial charge in [0.1, 0.15) is 5.82 Å². The number of aromatic nitrogens is 2. The summed E-state index contributed by atoms with van der Waals surface area (Å²) in [5.74, 6) is -0.985. The van der Waals surface area contributed by atoms with Crippen molar-refractivity contribution >= 4 is 50.9 Å². The van der Waals surface area contributed by atoms with Gasteiger partial charge in [-0.15, -0.1) is 0 Å². The van der Waals surface area contributed by atoms with Crippen LogP contribution in [0.4, 0.5) is 0 Å². The highest BCUT2D eigenvalue weighted by Crippen LogP contribution is 2.20. The van der Waals surface area contributed by atoms with E-state index in [-0.39, 0.29) is 22.4 Å². The maximum absolute atomic E-state index is 13.6. The standard InChI is InChI=1S/C26H19BrN2O5/c1-33-25(31)17-13-18(26(32)34-2)15-20(14-17)29-23(11-10-16-6-5-7-19(27)12-16)28-22-9-4-3-8-21(22)24(29)30/h3-15H,1-2H3. The number of methoxy groups -OCH3 is 2. The zero-order chi connectivity index (χ0) is 24.2. The molecule has 0 N–H and O–H groups in total. The molecule has 34 heavy (non-hydrogen) atoms. The van der Waals surface area contributed by atoms with Gasteiger partial charge in [0.05, 0.1) is 41.9 Å². The van der Waals surface area contributed by atoms with Crippen LogP contribution in [0.5, 0.6) is 0 Å². The lowest BCUT2D eigenvalue weighted by atomic mass is 10.1. The van der Waals surface area contributed by atoms with Gasteiger partial charge in [0, 0.05) is 4.47 Å². The molecule has 8 heteroatoms. The lowest BCUT2D eigenvalue weighted by Crippen LogP contribution is -2.23. The van der Waals surface area contributed by atoms with E-state index in [1.807, 2.05) is 30.3 Å². The highest BCUT2D eigenvalue weighted by molar-refractivity contribution is 9.10. The predicted molar refractivity (Wildman–Crippen MR) is 133 cm³/mol. The maximum Gasteiger partial charge on any atom is 0.337 e. The van der Waals surface area contributed by atoms with Crippen LogP contribution in [0.2, 0.25) is 0 Å². The number of esters is 2. The SMILES string of the molecule is COC(=O)c1cc(C(=O)OC)cc(-n2c(C=Cc3cccc(Br)c3)nc3ccccc3c2=O)c1. The van der Waals surface area contributed by atoms with Gasteiger partial charge in [0.25, 0.3) is 5.56 Å². The Kier molecular flexibility index (Phi) is 6.70. The fraction of sp³-hybridized carbons (Fsp3) is 0.0769. The Morgan fingerprint density at radius 3 is 2.21 bits per heavy atom. The molecule has 3 aromatic carbocycles. The van der Waals surface area contributed by atoms with Gasteiger partial charge >= 0.3 is 11.9 Å². The van der Waals surface area contributed by atoms with Crippen molar-refractivity contribution < 1.29 is 19.1 Å². The molecule has 170 valence electrons. The minimum atomic E-state index is -0.653. The molecule has 0 unspecified atom stereocenters. The smallest absolute Gasteiger partial charge is 0.337 e.